The van der Waals surface area contributed by atoms with Crippen LogP contribution in [-0.4, -0.2) is 19.1 Å². The Morgan fingerprint density at radius 2 is 1.74 bits per heavy atom. The van der Waals surface area contributed by atoms with Crippen LogP contribution in [0.2, 0.25) is 0 Å². The average Bonchev–Trinajstić information content (AvgIpc) is 2.34. The van der Waals surface area contributed by atoms with E-state index >= 15 is 0 Å². The number of esters is 1. The molecule has 2 atom stereocenters. The largest absolute Gasteiger partial charge is 0.468 e. The van der Waals surface area contributed by atoms with Gasteiger partial charge in [0.15, 0.2) is 0 Å². The lowest BCUT2D eigenvalue weighted by Gasteiger charge is -2.25. The Hall–Kier alpha value is -1.49. The first-order chi connectivity index (χ1) is 8.88. The van der Waals surface area contributed by atoms with Crippen molar-refractivity contribution in [2.24, 2.45) is 5.92 Å². The van der Waals surface area contributed by atoms with E-state index in [1.807, 2.05) is 13.8 Å². The Bertz CT molecular complexity index is 429. The van der Waals surface area contributed by atoms with Gasteiger partial charge in [0.05, 0.1) is 7.11 Å². The summed E-state index contributed by atoms with van der Waals surface area (Å²) in [5, 5.41) is 2.91. The molecule has 5 heteroatoms. The third-order valence-electron chi connectivity index (χ3n) is 2.98. The minimum absolute atomic E-state index is 0.0512. The predicted molar refractivity (Wildman–Crippen MR) is 68.6 cm³/mol. The number of methoxy groups -OCH3 is 1. The number of nitrogens with one attached hydrogen (secondary N) is 1. The highest BCUT2D eigenvalue weighted by atomic mass is 19.1. The van der Waals surface area contributed by atoms with E-state index < -0.39 is 29.7 Å². The molecule has 1 aromatic rings. The Balaban J connectivity index is 2.94. The molecule has 0 radical (unpaired) electrons. The first-order valence-electron chi connectivity index (χ1n) is 6.16. The van der Waals surface area contributed by atoms with Crippen LogP contribution in [0.15, 0.2) is 18.2 Å². The lowest BCUT2D eigenvalue weighted by atomic mass is 10.0. The topological polar surface area (TPSA) is 38.3 Å². The molecule has 19 heavy (non-hydrogen) atoms. The average molecular weight is 271 g/mol. The fourth-order valence-corrected chi connectivity index (χ4v) is 1.94. The molecule has 0 saturated heterocycles. The van der Waals surface area contributed by atoms with Crippen molar-refractivity contribution in [2.45, 2.75) is 32.9 Å². The molecule has 0 aliphatic rings. The van der Waals surface area contributed by atoms with Crippen molar-refractivity contribution in [1.29, 1.82) is 0 Å². The summed E-state index contributed by atoms with van der Waals surface area (Å²) in [5.41, 5.74) is -0.0722. The summed E-state index contributed by atoms with van der Waals surface area (Å²) in [6.45, 7) is 5.28. The van der Waals surface area contributed by atoms with Crippen LogP contribution in [0.5, 0.6) is 0 Å². The molecule has 0 bridgehead atoms. The minimum Gasteiger partial charge on any atom is -0.468 e. The molecule has 0 amide bonds. The van der Waals surface area contributed by atoms with Gasteiger partial charge in [0.2, 0.25) is 0 Å². The molecule has 0 fully saturated rings. The van der Waals surface area contributed by atoms with Crippen LogP contribution in [0, 0.1) is 17.6 Å². The Labute approximate surface area is 112 Å². The van der Waals surface area contributed by atoms with E-state index in [1.165, 1.54) is 25.3 Å². The van der Waals surface area contributed by atoms with Crippen molar-refractivity contribution in [3.05, 3.63) is 35.4 Å². The highest BCUT2D eigenvalue weighted by Gasteiger charge is 2.27. The number of carbonyl (C=O) groups is 1. The Kier molecular flexibility index (Phi) is 5.42. The summed E-state index contributed by atoms with van der Waals surface area (Å²) >= 11 is 0. The fraction of sp³-hybridized carbons (Fsp3) is 0.500. The molecule has 0 aliphatic heterocycles. The zero-order chi connectivity index (χ0) is 14.6. The van der Waals surface area contributed by atoms with E-state index in [1.54, 1.807) is 6.92 Å². The SMILES string of the molecule is COC(=O)[C@@H](NC(C)c1c(F)cccc1F)C(C)C. The summed E-state index contributed by atoms with van der Waals surface area (Å²) in [7, 11) is 1.29. The van der Waals surface area contributed by atoms with Crippen LogP contribution < -0.4 is 5.32 Å². The number of benzene rings is 1. The molecular weight excluding hydrogens is 252 g/mol. The summed E-state index contributed by atoms with van der Waals surface area (Å²) in [4.78, 5) is 11.6. The predicted octanol–water partition coefficient (Wildman–Crippen LogP) is 2.81. The molecule has 0 aliphatic carbocycles. The first-order valence-corrected chi connectivity index (χ1v) is 6.16. The van der Waals surface area contributed by atoms with E-state index in [0.29, 0.717) is 0 Å². The van der Waals surface area contributed by atoms with Crippen LogP contribution in [0.3, 0.4) is 0 Å². The van der Waals surface area contributed by atoms with Crippen molar-refractivity contribution < 1.29 is 18.3 Å². The van der Waals surface area contributed by atoms with Gasteiger partial charge in [-0.05, 0) is 25.0 Å². The number of ether oxygens (including phenoxy) is 1. The molecule has 106 valence electrons. The van der Waals surface area contributed by atoms with Gasteiger partial charge in [0, 0.05) is 11.6 Å². The van der Waals surface area contributed by atoms with Crippen molar-refractivity contribution >= 4 is 5.97 Å². The molecule has 0 spiro atoms. The summed E-state index contributed by atoms with van der Waals surface area (Å²) < 4.78 is 32.0. The second-order valence-corrected chi connectivity index (χ2v) is 4.77. The highest BCUT2D eigenvalue weighted by molar-refractivity contribution is 5.76. The van der Waals surface area contributed by atoms with Crippen LogP contribution >= 0.6 is 0 Å². The first kappa shape index (κ1) is 15.6. The number of halogens is 2. The summed E-state index contributed by atoms with van der Waals surface area (Å²) in [6.07, 6.45) is 0. The van der Waals surface area contributed by atoms with Crippen molar-refractivity contribution in [2.75, 3.05) is 7.11 Å². The maximum absolute atomic E-state index is 13.6. The molecular formula is C14H19F2NO2. The van der Waals surface area contributed by atoms with Gasteiger partial charge >= 0.3 is 5.97 Å². The zero-order valence-corrected chi connectivity index (χ0v) is 11.5. The van der Waals surface area contributed by atoms with Gasteiger partial charge in [-0.3, -0.25) is 10.1 Å². The summed E-state index contributed by atoms with van der Waals surface area (Å²) in [6, 6.07) is 2.45. The van der Waals surface area contributed by atoms with Crippen LogP contribution in [0.1, 0.15) is 32.4 Å². The smallest absolute Gasteiger partial charge is 0.323 e. The second kappa shape index (κ2) is 6.61. The van der Waals surface area contributed by atoms with Crippen molar-refractivity contribution in [3.8, 4) is 0 Å². The van der Waals surface area contributed by atoms with Crippen LogP contribution in [0.25, 0.3) is 0 Å². The Morgan fingerprint density at radius 3 is 2.16 bits per heavy atom. The minimum atomic E-state index is -0.632. The van der Waals surface area contributed by atoms with Gasteiger partial charge < -0.3 is 4.74 Å². The van der Waals surface area contributed by atoms with E-state index in [0.717, 1.165) is 0 Å². The van der Waals surface area contributed by atoms with E-state index in [4.69, 9.17) is 0 Å². The van der Waals surface area contributed by atoms with Crippen molar-refractivity contribution in [3.63, 3.8) is 0 Å². The molecule has 1 aromatic carbocycles. The standard InChI is InChI=1S/C14H19F2NO2/c1-8(2)13(14(18)19-4)17-9(3)12-10(15)6-5-7-11(12)16/h5-9,13,17H,1-4H3/t9?,13-/m0/s1. The van der Waals surface area contributed by atoms with Gasteiger partial charge in [0.25, 0.3) is 0 Å². The van der Waals surface area contributed by atoms with Gasteiger partial charge in [-0.2, -0.15) is 0 Å². The van der Waals surface area contributed by atoms with Gasteiger partial charge in [-0.25, -0.2) is 8.78 Å². The normalized spacial score (nSPS) is 14.3. The van der Waals surface area contributed by atoms with Gasteiger partial charge in [-0.1, -0.05) is 19.9 Å². The number of rotatable bonds is 5. The quantitative estimate of drug-likeness (QED) is 0.837. The van der Waals surface area contributed by atoms with Crippen molar-refractivity contribution in [1.82, 2.24) is 5.32 Å². The molecule has 0 heterocycles. The maximum Gasteiger partial charge on any atom is 0.323 e. The van der Waals surface area contributed by atoms with E-state index in [-0.39, 0.29) is 11.5 Å². The molecule has 1 rings (SSSR count). The number of hydrogen-bond acceptors (Lipinski definition) is 3. The van der Waals surface area contributed by atoms with E-state index in [2.05, 4.69) is 10.1 Å². The molecule has 0 aromatic heterocycles. The summed E-state index contributed by atoms with van der Waals surface area (Å²) in [5.74, 6) is -1.76. The zero-order valence-electron chi connectivity index (χ0n) is 11.5. The van der Waals surface area contributed by atoms with E-state index in [9.17, 15) is 13.6 Å². The lowest BCUT2D eigenvalue weighted by molar-refractivity contribution is -0.144. The maximum atomic E-state index is 13.6. The third-order valence-corrected chi connectivity index (χ3v) is 2.98. The van der Waals surface area contributed by atoms with Crippen LogP contribution in [-0.2, 0) is 9.53 Å². The third kappa shape index (κ3) is 3.73. The molecule has 3 nitrogen and oxygen atoms in total. The molecule has 1 N–H and O–H groups in total. The van der Waals surface area contributed by atoms with Gasteiger partial charge in [-0.15, -0.1) is 0 Å². The molecule has 1 unspecified atom stereocenters. The number of carbonyl (C=O) groups excluding carboxylic acids is 1. The lowest BCUT2D eigenvalue weighted by Crippen LogP contribution is -2.43. The van der Waals surface area contributed by atoms with Crippen LogP contribution in [0.4, 0.5) is 8.78 Å². The molecule has 0 saturated carbocycles. The number of hydrogen-bond donors (Lipinski definition) is 1. The second-order valence-electron chi connectivity index (χ2n) is 4.77. The highest BCUT2D eigenvalue weighted by Crippen LogP contribution is 2.21. The monoisotopic (exact) mass is 271 g/mol. The fourth-order valence-electron chi connectivity index (χ4n) is 1.94. The Morgan fingerprint density at radius 1 is 1.21 bits per heavy atom. The van der Waals surface area contributed by atoms with Gasteiger partial charge in [0.1, 0.15) is 17.7 Å².